The van der Waals surface area contributed by atoms with E-state index in [4.69, 9.17) is 5.73 Å². The summed E-state index contributed by atoms with van der Waals surface area (Å²) in [5, 5.41) is 0. The number of benzene rings is 2. The van der Waals surface area contributed by atoms with Crippen LogP contribution in [0.2, 0.25) is 0 Å². The molecule has 0 heterocycles. The van der Waals surface area contributed by atoms with Crippen molar-refractivity contribution in [3.8, 4) is 0 Å². The Morgan fingerprint density at radius 3 is 2.00 bits per heavy atom. The molecule has 2 aromatic carbocycles. The fourth-order valence-corrected chi connectivity index (χ4v) is 2.48. The molecule has 0 saturated carbocycles. The van der Waals surface area contributed by atoms with E-state index in [1.165, 1.54) is 22.3 Å². The summed E-state index contributed by atoms with van der Waals surface area (Å²) in [7, 11) is 0. The Morgan fingerprint density at radius 1 is 0.882 bits per heavy atom. The first kappa shape index (κ1) is 11.9. The Labute approximate surface area is 103 Å². The maximum atomic E-state index is 5.97. The molecule has 0 unspecified atom stereocenters. The van der Waals surface area contributed by atoms with Gasteiger partial charge in [-0.3, -0.25) is 0 Å². The molecule has 0 bridgehead atoms. The smallest absolute Gasteiger partial charge is 0.0217 e. The van der Waals surface area contributed by atoms with Crippen LogP contribution in [0.4, 0.5) is 0 Å². The Bertz CT molecular complexity index is 468. The van der Waals surface area contributed by atoms with Crippen LogP contribution >= 0.6 is 0 Å². The monoisotopic (exact) mass is 225 g/mol. The van der Waals surface area contributed by atoms with Gasteiger partial charge in [0.25, 0.3) is 0 Å². The summed E-state index contributed by atoms with van der Waals surface area (Å²) in [6.07, 6.45) is 0. The second-order valence-electron chi connectivity index (χ2n) is 4.50. The molecule has 0 radical (unpaired) electrons. The number of aryl methyl sites for hydroxylation is 2. The van der Waals surface area contributed by atoms with Gasteiger partial charge >= 0.3 is 0 Å². The molecule has 1 atom stereocenters. The minimum absolute atomic E-state index is 0.303. The predicted octanol–water partition coefficient (Wildman–Crippen LogP) is 3.39. The maximum Gasteiger partial charge on any atom is 0.0217 e. The van der Waals surface area contributed by atoms with E-state index in [-0.39, 0.29) is 0 Å². The van der Waals surface area contributed by atoms with Crippen LogP contribution < -0.4 is 5.73 Å². The van der Waals surface area contributed by atoms with Gasteiger partial charge < -0.3 is 5.73 Å². The zero-order chi connectivity index (χ0) is 12.3. The summed E-state index contributed by atoms with van der Waals surface area (Å²) in [5.74, 6) is 0.303. The van der Waals surface area contributed by atoms with Crippen LogP contribution in [0.5, 0.6) is 0 Å². The highest BCUT2D eigenvalue weighted by Crippen LogP contribution is 2.28. The molecule has 2 N–H and O–H groups in total. The average molecular weight is 225 g/mol. The van der Waals surface area contributed by atoms with E-state index in [9.17, 15) is 0 Å². The molecule has 0 aliphatic heterocycles. The van der Waals surface area contributed by atoms with Crippen LogP contribution in [0.15, 0.2) is 48.5 Å². The lowest BCUT2D eigenvalue weighted by Gasteiger charge is -2.20. The van der Waals surface area contributed by atoms with Gasteiger partial charge in [0, 0.05) is 12.5 Å². The quantitative estimate of drug-likeness (QED) is 0.851. The van der Waals surface area contributed by atoms with E-state index in [0.29, 0.717) is 12.5 Å². The highest BCUT2D eigenvalue weighted by Gasteiger charge is 2.16. The fraction of sp³-hybridized carbons (Fsp3) is 0.250. The molecule has 0 aliphatic carbocycles. The van der Waals surface area contributed by atoms with Crippen molar-refractivity contribution in [3.05, 3.63) is 70.8 Å². The second kappa shape index (κ2) is 5.15. The molecule has 1 heteroatoms. The summed E-state index contributed by atoms with van der Waals surface area (Å²) in [4.78, 5) is 0. The zero-order valence-corrected chi connectivity index (χ0v) is 10.5. The molecule has 0 amide bonds. The number of hydrogen-bond donors (Lipinski definition) is 1. The van der Waals surface area contributed by atoms with E-state index >= 15 is 0 Å². The summed E-state index contributed by atoms with van der Waals surface area (Å²) < 4.78 is 0. The first-order chi connectivity index (χ1) is 8.24. The van der Waals surface area contributed by atoms with Gasteiger partial charge in [0.2, 0.25) is 0 Å². The molecule has 0 spiro atoms. The molecular formula is C16H19N. The third-order valence-corrected chi connectivity index (χ3v) is 3.33. The Morgan fingerprint density at radius 2 is 1.47 bits per heavy atom. The van der Waals surface area contributed by atoms with Crippen molar-refractivity contribution < 1.29 is 0 Å². The second-order valence-corrected chi connectivity index (χ2v) is 4.50. The summed E-state index contributed by atoms with van der Waals surface area (Å²) in [6, 6.07) is 16.9. The first-order valence-corrected chi connectivity index (χ1v) is 6.05. The molecule has 0 aromatic heterocycles. The molecule has 0 aliphatic rings. The van der Waals surface area contributed by atoms with Gasteiger partial charge in [-0.15, -0.1) is 0 Å². The van der Waals surface area contributed by atoms with Crippen molar-refractivity contribution in [2.24, 2.45) is 5.73 Å². The van der Waals surface area contributed by atoms with E-state index in [1.807, 2.05) is 6.07 Å². The Hall–Kier alpha value is -1.60. The van der Waals surface area contributed by atoms with Crippen LogP contribution in [-0.2, 0) is 0 Å². The standard InChI is InChI=1S/C16H19N/c1-12-7-6-8-13(2)16(12)15(11-17)14-9-4-3-5-10-14/h3-10,15H,11,17H2,1-2H3/t15-/m0/s1. The third-order valence-electron chi connectivity index (χ3n) is 3.33. The molecule has 2 aromatic rings. The van der Waals surface area contributed by atoms with Crippen molar-refractivity contribution >= 4 is 0 Å². The van der Waals surface area contributed by atoms with Crippen LogP contribution in [0, 0.1) is 13.8 Å². The SMILES string of the molecule is Cc1cccc(C)c1[C@@H](CN)c1ccccc1. The lowest BCUT2D eigenvalue weighted by molar-refractivity contribution is 0.805. The van der Waals surface area contributed by atoms with Gasteiger partial charge in [-0.05, 0) is 36.1 Å². The minimum atomic E-state index is 0.303. The number of hydrogen-bond acceptors (Lipinski definition) is 1. The highest BCUT2D eigenvalue weighted by atomic mass is 14.6. The van der Waals surface area contributed by atoms with Gasteiger partial charge in [0.15, 0.2) is 0 Å². The van der Waals surface area contributed by atoms with Gasteiger partial charge in [0.1, 0.15) is 0 Å². The average Bonchev–Trinajstić information content (AvgIpc) is 2.35. The van der Waals surface area contributed by atoms with Crippen molar-refractivity contribution in [1.82, 2.24) is 0 Å². The van der Waals surface area contributed by atoms with Gasteiger partial charge in [-0.25, -0.2) is 0 Å². The molecule has 0 fully saturated rings. The molecule has 88 valence electrons. The van der Waals surface area contributed by atoms with Crippen molar-refractivity contribution in [2.75, 3.05) is 6.54 Å². The van der Waals surface area contributed by atoms with Crippen LogP contribution in [0.1, 0.15) is 28.2 Å². The maximum absolute atomic E-state index is 5.97. The molecular weight excluding hydrogens is 206 g/mol. The van der Waals surface area contributed by atoms with Crippen LogP contribution in [0.3, 0.4) is 0 Å². The summed E-state index contributed by atoms with van der Waals surface area (Å²) in [6.45, 7) is 4.97. The van der Waals surface area contributed by atoms with E-state index in [0.717, 1.165) is 0 Å². The Kier molecular flexibility index (Phi) is 3.60. The van der Waals surface area contributed by atoms with E-state index in [2.05, 4.69) is 56.3 Å². The van der Waals surface area contributed by atoms with E-state index in [1.54, 1.807) is 0 Å². The first-order valence-electron chi connectivity index (χ1n) is 6.05. The minimum Gasteiger partial charge on any atom is -0.330 e. The van der Waals surface area contributed by atoms with Gasteiger partial charge in [-0.2, -0.15) is 0 Å². The lowest BCUT2D eigenvalue weighted by Crippen LogP contribution is -2.16. The van der Waals surface area contributed by atoms with Gasteiger partial charge in [-0.1, -0.05) is 48.5 Å². The van der Waals surface area contributed by atoms with Gasteiger partial charge in [0.05, 0.1) is 0 Å². The predicted molar refractivity (Wildman–Crippen MR) is 73.3 cm³/mol. The fourth-order valence-electron chi connectivity index (χ4n) is 2.48. The normalized spacial score (nSPS) is 12.4. The summed E-state index contributed by atoms with van der Waals surface area (Å²) >= 11 is 0. The van der Waals surface area contributed by atoms with Crippen molar-refractivity contribution in [2.45, 2.75) is 19.8 Å². The largest absolute Gasteiger partial charge is 0.330 e. The zero-order valence-electron chi connectivity index (χ0n) is 10.5. The van der Waals surface area contributed by atoms with Crippen molar-refractivity contribution in [3.63, 3.8) is 0 Å². The molecule has 0 saturated heterocycles. The molecule has 17 heavy (non-hydrogen) atoms. The van der Waals surface area contributed by atoms with Crippen molar-refractivity contribution in [1.29, 1.82) is 0 Å². The third kappa shape index (κ3) is 2.40. The van der Waals surface area contributed by atoms with E-state index < -0.39 is 0 Å². The number of nitrogens with two attached hydrogens (primary N) is 1. The molecule has 1 nitrogen and oxygen atoms in total. The number of rotatable bonds is 3. The van der Waals surface area contributed by atoms with Crippen LogP contribution in [0.25, 0.3) is 0 Å². The Balaban J connectivity index is 2.50. The highest BCUT2D eigenvalue weighted by molar-refractivity contribution is 5.42. The topological polar surface area (TPSA) is 26.0 Å². The molecule has 2 rings (SSSR count). The summed E-state index contributed by atoms with van der Waals surface area (Å²) in [5.41, 5.74) is 11.3. The lowest BCUT2D eigenvalue weighted by atomic mass is 9.86. The van der Waals surface area contributed by atoms with Crippen LogP contribution in [-0.4, -0.2) is 6.54 Å².